The van der Waals surface area contributed by atoms with Gasteiger partial charge in [-0.3, -0.25) is 0 Å². The molecule has 1 aliphatic heterocycles. The van der Waals surface area contributed by atoms with Crippen LogP contribution in [0.2, 0.25) is 5.02 Å². The largest absolute Gasteiger partial charge is 0.573 e. The monoisotopic (exact) mass is 463 g/mol. The minimum absolute atomic E-state index is 0.0523. The van der Waals surface area contributed by atoms with Crippen LogP contribution in [0, 0.1) is 5.92 Å². The molecule has 0 saturated heterocycles. The van der Waals surface area contributed by atoms with Crippen molar-refractivity contribution < 1.29 is 23.0 Å². The normalized spacial score (nSPS) is 21.7. The number of fused-ring (bicyclic) bond motifs is 1. The van der Waals surface area contributed by atoms with Gasteiger partial charge in [0.2, 0.25) is 0 Å². The minimum atomic E-state index is -4.72. The van der Waals surface area contributed by atoms with Crippen molar-refractivity contribution in [2.45, 2.75) is 44.7 Å². The summed E-state index contributed by atoms with van der Waals surface area (Å²) in [6, 6.07) is 13.7. The highest BCUT2D eigenvalue weighted by molar-refractivity contribution is 6.30. The highest BCUT2D eigenvalue weighted by Gasteiger charge is 2.36. The molecular weight excluding hydrogens is 439 g/mol. The maximum absolute atomic E-state index is 12.7. The number of benzene rings is 2. The van der Waals surface area contributed by atoms with Gasteiger partial charge in [0, 0.05) is 29.2 Å². The predicted octanol–water partition coefficient (Wildman–Crippen LogP) is 6.51. The van der Waals surface area contributed by atoms with Crippen molar-refractivity contribution in [3.8, 4) is 11.1 Å². The molecule has 0 amide bonds. The topological polar surface area (TPSA) is 32.7 Å². The Kier molecular flexibility index (Phi) is 6.54. The van der Waals surface area contributed by atoms with E-state index in [4.69, 9.17) is 11.6 Å². The third kappa shape index (κ3) is 5.13. The molecule has 0 fully saturated rings. The van der Waals surface area contributed by atoms with Crippen molar-refractivity contribution >= 4 is 17.3 Å². The summed E-state index contributed by atoms with van der Waals surface area (Å²) in [5.74, 6) is -0.330. The number of hydrogen-bond acceptors (Lipinski definition) is 3. The lowest BCUT2D eigenvalue weighted by Crippen LogP contribution is -2.47. The number of rotatable bonds is 5. The summed E-state index contributed by atoms with van der Waals surface area (Å²) in [5, 5.41) is 10.9. The SMILES string of the molecule is C[C@@H](O)CN1c2cccc(-c3cccc(Cl)c3)c2CC[C@@H]1C1C=C(OC(F)(F)F)C=CC1. The Morgan fingerprint density at radius 2 is 2.00 bits per heavy atom. The van der Waals surface area contributed by atoms with E-state index >= 15 is 0 Å². The van der Waals surface area contributed by atoms with E-state index in [0.717, 1.165) is 35.2 Å². The fourth-order valence-electron chi connectivity index (χ4n) is 4.77. The van der Waals surface area contributed by atoms with Gasteiger partial charge in [-0.05, 0) is 73.2 Å². The van der Waals surface area contributed by atoms with Gasteiger partial charge >= 0.3 is 6.36 Å². The summed E-state index contributed by atoms with van der Waals surface area (Å²) < 4.78 is 42.4. The predicted molar refractivity (Wildman–Crippen MR) is 120 cm³/mol. The molecule has 170 valence electrons. The molecule has 2 aliphatic rings. The van der Waals surface area contributed by atoms with E-state index in [-0.39, 0.29) is 17.7 Å². The first-order valence-corrected chi connectivity index (χ1v) is 11.1. The molecule has 1 heterocycles. The molecule has 1 unspecified atom stereocenters. The Bertz CT molecular complexity index is 1030. The maximum atomic E-state index is 12.7. The third-order valence-electron chi connectivity index (χ3n) is 5.94. The highest BCUT2D eigenvalue weighted by Crippen LogP contribution is 2.41. The molecule has 4 rings (SSSR count). The van der Waals surface area contributed by atoms with Crippen LogP contribution in [0.4, 0.5) is 18.9 Å². The number of hydrogen-bond donors (Lipinski definition) is 1. The number of allylic oxidation sites excluding steroid dienone is 2. The lowest BCUT2D eigenvalue weighted by molar-refractivity contribution is -0.303. The Morgan fingerprint density at radius 1 is 1.22 bits per heavy atom. The zero-order valence-electron chi connectivity index (χ0n) is 17.6. The van der Waals surface area contributed by atoms with Crippen LogP contribution in [0.15, 0.2) is 66.5 Å². The number of nitrogens with zero attached hydrogens (tertiary/aromatic N) is 1. The second kappa shape index (κ2) is 9.20. The third-order valence-corrected chi connectivity index (χ3v) is 6.18. The van der Waals surface area contributed by atoms with Crippen LogP contribution in [0.25, 0.3) is 11.1 Å². The summed E-state index contributed by atoms with van der Waals surface area (Å²) in [7, 11) is 0. The van der Waals surface area contributed by atoms with E-state index in [2.05, 4.69) is 15.7 Å². The lowest BCUT2D eigenvalue weighted by atomic mass is 9.81. The number of anilines is 1. The number of halogens is 4. The van der Waals surface area contributed by atoms with E-state index in [9.17, 15) is 18.3 Å². The summed E-state index contributed by atoms with van der Waals surface area (Å²) in [6.07, 6.45) is 1.51. The Labute approximate surface area is 190 Å². The fraction of sp³-hybridized carbons (Fsp3) is 0.360. The first kappa shape index (κ1) is 22.7. The summed E-state index contributed by atoms with van der Waals surface area (Å²) >= 11 is 6.21. The van der Waals surface area contributed by atoms with Gasteiger partial charge in [0.25, 0.3) is 0 Å². The Balaban J connectivity index is 1.70. The molecule has 0 bridgehead atoms. The first-order chi connectivity index (χ1) is 15.2. The molecule has 0 radical (unpaired) electrons. The van der Waals surface area contributed by atoms with Gasteiger partial charge in [0.15, 0.2) is 0 Å². The van der Waals surface area contributed by atoms with Crippen LogP contribution in [0.5, 0.6) is 0 Å². The molecule has 0 saturated carbocycles. The van der Waals surface area contributed by atoms with Crippen LogP contribution < -0.4 is 4.90 Å². The summed E-state index contributed by atoms with van der Waals surface area (Å²) in [6.45, 7) is 2.11. The second-order valence-electron chi connectivity index (χ2n) is 8.34. The molecule has 3 atom stereocenters. The number of ether oxygens (including phenoxy) is 1. The van der Waals surface area contributed by atoms with E-state index < -0.39 is 12.5 Å². The van der Waals surface area contributed by atoms with Gasteiger partial charge in [0.05, 0.1) is 6.10 Å². The molecule has 2 aromatic rings. The van der Waals surface area contributed by atoms with Gasteiger partial charge in [0.1, 0.15) is 5.76 Å². The molecule has 0 spiro atoms. The average Bonchev–Trinajstić information content (AvgIpc) is 2.72. The first-order valence-electron chi connectivity index (χ1n) is 10.7. The van der Waals surface area contributed by atoms with Gasteiger partial charge in [-0.25, -0.2) is 0 Å². The summed E-state index contributed by atoms with van der Waals surface area (Å²) in [5.41, 5.74) is 4.26. The van der Waals surface area contributed by atoms with Crippen molar-refractivity contribution in [1.29, 1.82) is 0 Å². The van der Waals surface area contributed by atoms with E-state index in [1.54, 1.807) is 19.1 Å². The van der Waals surface area contributed by atoms with Crippen molar-refractivity contribution in [1.82, 2.24) is 0 Å². The molecule has 1 N–H and O–H groups in total. The van der Waals surface area contributed by atoms with Crippen LogP contribution in [-0.2, 0) is 11.2 Å². The molecular formula is C25H25ClF3NO2. The van der Waals surface area contributed by atoms with E-state index in [0.29, 0.717) is 18.0 Å². The van der Waals surface area contributed by atoms with Crippen molar-refractivity contribution in [3.05, 3.63) is 77.0 Å². The minimum Gasteiger partial charge on any atom is -0.406 e. The molecule has 1 aliphatic carbocycles. The molecule has 0 aromatic heterocycles. The van der Waals surface area contributed by atoms with Crippen molar-refractivity contribution in [2.75, 3.05) is 11.4 Å². The lowest BCUT2D eigenvalue weighted by Gasteiger charge is -2.44. The fourth-order valence-corrected chi connectivity index (χ4v) is 4.96. The summed E-state index contributed by atoms with van der Waals surface area (Å²) in [4.78, 5) is 2.14. The van der Waals surface area contributed by atoms with Crippen LogP contribution in [0.1, 0.15) is 25.3 Å². The van der Waals surface area contributed by atoms with Gasteiger partial charge in [-0.1, -0.05) is 41.9 Å². The van der Waals surface area contributed by atoms with Crippen molar-refractivity contribution in [3.63, 3.8) is 0 Å². The zero-order chi connectivity index (χ0) is 22.9. The van der Waals surface area contributed by atoms with Crippen molar-refractivity contribution in [2.24, 2.45) is 5.92 Å². The number of aliphatic hydroxyl groups excluding tert-OH is 1. The van der Waals surface area contributed by atoms with E-state index in [1.165, 1.54) is 6.08 Å². The van der Waals surface area contributed by atoms with Crippen LogP contribution in [0.3, 0.4) is 0 Å². The van der Waals surface area contributed by atoms with Crippen LogP contribution >= 0.6 is 11.6 Å². The van der Waals surface area contributed by atoms with E-state index in [1.807, 2.05) is 36.4 Å². The van der Waals surface area contributed by atoms with Crippen LogP contribution in [-0.4, -0.2) is 30.2 Å². The van der Waals surface area contributed by atoms with Gasteiger partial charge < -0.3 is 14.7 Å². The van der Waals surface area contributed by atoms with Gasteiger partial charge in [-0.15, -0.1) is 13.2 Å². The molecule has 3 nitrogen and oxygen atoms in total. The van der Waals surface area contributed by atoms with Gasteiger partial charge in [-0.2, -0.15) is 0 Å². The maximum Gasteiger partial charge on any atom is 0.573 e. The molecule has 7 heteroatoms. The number of aliphatic hydroxyl groups is 1. The Hall–Kier alpha value is -2.44. The number of alkyl halides is 3. The second-order valence-corrected chi connectivity index (χ2v) is 8.78. The standard InChI is InChI=1S/C25H25ClF3NO2/c1-16(31)15-30-23(18-6-3-8-20(14-18)32-25(27,28)29)12-11-22-21(9-4-10-24(22)30)17-5-2-7-19(26)13-17/h2-5,7-10,13-14,16,18,23,31H,6,11-12,15H2,1H3/t16-,18?,23-/m1/s1. The molecule has 32 heavy (non-hydrogen) atoms. The zero-order valence-corrected chi connectivity index (χ0v) is 18.4. The quantitative estimate of drug-likeness (QED) is 0.549. The smallest absolute Gasteiger partial charge is 0.406 e. The Morgan fingerprint density at radius 3 is 2.72 bits per heavy atom. The highest BCUT2D eigenvalue weighted by atomic mass is 35.5. The number of β-amino-alcohol motifs (C(OH)–C–C–N with tert-alkyl or cyclic N) is 1. The average molecular weight is 464 g/mol. The molecule has 2 aromatic carbocycles.